The molecule has 2 aliphatic carbocycles. The summed E-state index contributed by atoms with van der Waals surface area (Å²) in [6.07, 6.45) is 3.20. The molecule has 2 aliphatic rings. The maximum atomic E-state index is 10.2. The summed E-state index contributed by atoms with van der Waals surface area (Å²) >= 11 is 0. The van der Waals surface area contributed by atoms with Crippen LogP contribution in [0.2, 0.25) is 0 Å². The monoisotopic (exact) mass is 409 g/mol. The smallest absolute Gasteiger partial charge is 0.0939 e. The first-order valence-electron chi connectivity index (χ1n) is 11.6. The van der Waals surface area contributed by atoms with E-state index in [-0.39, 0.29) is 11.3 Å². The number of nitrogens with zero attached hydrogens (tertiary/aromatic N) is 3. The van der Waals surface area contributed by atoms with E-state index in [1.54, 1.807) is 0 Å². The molecule has 1 unspecified atom stereocenters. The molecule has 31 heavy (non-hydrogen) atoms. The molecular formula is C28H31N3. The molecule has 1 fully saturated rings. The van der Waals surface area contributed by atoms with Crippen molar-refractivity contribution in [1.29, 1.82) is 5.26 Å². The van der Waals surface area contributed by atoms with Gasteiger partial charge in [-0.25, -0.2) is 4.68 Å². The van der Waals surface area contributed by atoms with Gasteiger partial charge in [0.05, 0.1) is 29.1 Å². The number of benzene rings is 2. The highest BCUT2D eigenvalue weighted by atomic mass is 15.3. The molecule has 3 atom stereocenters. The molecule has 0 bridgehead atoms. The maximum Gasteiger partial charge on any atom is 0.0939 e. The Labute approximate surface area is 185 Å². The van der Waals surface area contributed by atoms with E-state index >= 15 is 0 Å². The molecular weight excluding hydrogens is 378 g/mol. The highest BCUT2D eigenvalue weighted by Crippen LogP contribution is 2.57. The molecule has 0 N–H and O–H groups in total. The van der Waals surface area contributed by atoms with Crippen molar-refractivity contribution >= 4 is 0 Å². The Bertz CT molecular complexity index is 1130. The number of nitriles is 1. The lowest BCUT2D eigenvalue weighted by Crippen LogP contribution is -2.29. The van der Waals surface area contributed by atoms with Gasteiger partial charge in [-0.1, -0.05) is 70.2 Å². The molecule has 0 amide bonds. The van der Waals surface area contributed by atoms with Crippen LogP contribution in [0.5, 0.6) is 0 Å². The van der Waals surface area contributed by atoms with Crippen LogP contribution in [0, 0.1) is 16.7 Å². The first kappa shape index (κ1) is 20.1. The van der Waals surface area contributed by atoms with Gasteiger partial charge in [-0.2, -0.15) is 10.4 Å². The molecule has 3 heteroatoms. The van der Waals surface area contributed by atoms with Gasteiger partial charge in [0, 0.05) is 5.92 Å². The Morgan fingerprint density at radius 3 is 2.39 bits per heavy atom. The van der Waals surface area contributed by atoms with Crippen LogP contribution in [0.3, 0.4) is 0 Å². The number of hydrogen-bond acceptors (Lipinski definition) is 2. The van der Waals surface area contributed by atoms with Crippen LogP contribution in [0.15, 0.2) is 54.6 Å². The minimum atomic E-state index is -0.142. The van der Waals surface area contributed by atoms with Crippen molar-refractivity contribution in [3.63, 3.8) is 0 Å². The van der Waals surface area contributed by atoms with Crippen molar-refractivity contribution < 1.29 is 0 Å². The minimum Gasteiger partial charge on any atom is -0.236 e. The Hall–Kier alpha value is -2.86. The van der Waals surface area contributed by atoms with Gasteiger partial charge in [0.25, 0.3) is 0 Å². The SMILES string of the molecule is CC(C)c1ccc(-n2nc([C@@H]3C[C@H]3c3ccccc3)c3c2C(C#N)C(C)(C)CC3)cc1. The van der Waals surface area contributed by atoms with E-state index in [1.807, 2.05) is 0 Å². The van der Waals surface area contributed by atoms with Gasteiger partial charge in [-0.15, -0.1) is 0 Å². The molecule has 2 aromatic carbocycles. The van der Waals surface area contributed by atoms with Crippen LogP contribution in [-0.2, 0) is 6.42 Å². The summed E-state index contributed by atoms with van der Waals surface area (Å²) in [7, 11) is 0. The summed E-state index contributed by atoms with van der Waals surface area (Å²) < 4.78 is 2.10. The molecule has 1 saturated carbocycles. The summed E-state index contributed by atoms with van der Waals surface area (Å²) in [6.45, 7) is 8.89. The van der Waals surface area contributed by atoms with Gasteiger partial charge >= 0.3 is 0 Å². The molecule has 0 saturated heterocycles. The number of hydrogen-bond donors (Lipinski definition) is 0. The number of rotatable bonds is 4. The van der Waals surface area contributed by atoms with Gasteiger partial charge in [0.1, 0.15) is 0 Å². The van der Waals surface area contributed by atoms with Crippen molar-refractivity contribution in [2.75, 3.05) is 0 Å². The van der Waals surface area contributed by atoms with Crippen LogP contribution in [0.25, 0.3) is 5.69 Å². The second-order valence-corrected chi connectivity index (χ2v) is 10.3. The summed E-state index contributed by atoms with van der Waals surface area (Å²) in [6, 6.07) is 22.2. The average Bonchev–Trinajstić information content (AvgIpc) is 3.48. The van der Waals surface area contributed by atoms with Gasteiger partial charge in [-0.3, -0.25) is 0 Å². The Balaban J connectivity index is 1.61. The fourth-order valence-electron chi connectivity index (χ4n) is 5.29. The Morgan fingerprint density at radius 1 is 1.03 bits per heavy atom. The highest BCUT2D eigenvalue weighted by Gasteiger charge is 2.47. The van der Waals surface area contributed by atoms with Crippen LogP contribution in [0.4, 0.5) is 0 Å². The molecule has 1 heterocycles. The molecule has 0 radical (unpaired) electrons. The molecule has 3 nitrogen and oxygen atoms in total. The standard InChI is InChI=1S/C28H31N3/c1-18(2)19-10-12-21(13-11-19)31-27-22(14-15-28(3,4)25(27)17-29)26(30-31)24-16-23(24)20-8-6-5-7-9-20/h5-13,18,23-25H,14-16H2,1-4H3/t23-,24+,25?/m0/s1. The molecule has 1 aromatic heterocycles. The van der Waals surface area contributed by atoms with E-state index in [1.165, 1.54) is 22.4 Å². The zero-order valence-corrected chi connectivity index (χ0v) is 19.0. The highest BCUT2D eigenvalue weighted by molar-refractivity contribution is 5.48. The van der Waals surface area contributed by atoms with Crippen molar-refractivity contribution in [1.82, 2.24) is 9.78 Å². The maximum absolute atomic E-state index is 10.2. The third-order valence-corrected chi connectivity index (χ3v) is 7.43. The largest absolute Gasteiger partial charge is 0.236 e. The Morgan fingerprint density at radius 2 is 1.74 bits per heavy atom. The fourth-order valence-corrected chi connectivity index (χ4v) is 5.29. The lowest BCUT2D eigenvalue weighted by molar-refractivity contribution is 0.278. The number of aromatic nitrogens is 2. The summed E-state index contributed by atoms with van der Waals surface area (Å²) in [5.74, 6) is 1.37. The first-order chi connectivity index (χ1) is 14.9. The molecule has 3 aromatic rings. The third-order valence-electron chi connectivity index (χ3n) is 7.43. The number of fused-ring (bicyclic) bond motifs is 1. The topological polar surface area (TPSA) is 41.6 Å². The van der Waals surface area contributed by atoms with E-state index in [4.69, 9.17) is 5.10 Å². The normalized spacial score (nSPS) is 23.9. The first-order valence-corrected chi connectivity index (χ1v) is 11.6. The van der Waals surface area contributed by atoms with Crippen molar-refractivity contribution in [3.05, 3.63) is 82.7 Å². The molecule has 5 rings (SSSR count). The van der Waals surface area contributed by atoms with Crippen LogP contribution in [-0.4, -0.2) is 9.78 Å². The summed E-state index contributed by atoms with van der Waals surface area (Å²) in [4.78, 5) is 0. The second-order valence-electron chi connectivity index (χ2n) is 10.3. The summed E-state index contributed by atoms with van der Waals surface area (Å²) in [5, 5.41) is 15.4. The third kappa shape index (κ3) is 3.39. The van der Waals surface area contributed by atoms with Gasteiger partial charge < -0.3 is 0 Å². The van der Waals surface area contributed by atoms with Crippen LogP contribution in [0.1, 0.15) is 92.3 Å². The van der Waals surface area contributed by atoms with Gasteiger partial charge in [0.15, 0.2) is 0 Å². The predicted octanol–water partition coefficient (Wildman–Crippen LogP) is 6.85. The zero-order valence-electron chi connectivity index (χ0n) is 19.0. The van der Waals surface area contributed by atoms with E-state index in [0.717, 1.165) is 30.6 Å². The van der Waals surface area contributed by atoms with Crippen LogP contribution >= 0.6 is 0 Å². The van der Waals surface area contributed by atoms with E-state index in [9.17, 15) is 5.26 Å². The van der Waals surface area contributed by atoms with Gasteiger partial charge in [-0.05, 0) is 65.3 Å². The van der Waals surface area contributed by atoms with Crippen LogP contribution < -0.4 is 0 Å². The molecule has 0 spiro atoms. The quantitative estimate of drug-likeness (QED) is 0.473. The fraction of sp³-hybridized carbons (Fsp3) is 0.429. The molecule has 0 aliphatic heterocycles. The lowest BCUT2D eigenvalue weighted by atomic mass is 9.68. The summed E-state index contributed by atoms with van der Waals surface area (Å²) in [5.41, 5.74) is 7.46. The molecule has 158 valence electrons. The van der Waals surface area contributed by atoms with Crippen molar-refractivity contribution in [2.24, 2.45) is 5.41 Å². The van der Waals surface area contributed by atoms with Crippen molar-refractivity contribution in [2.45, 2.75) is 70.6 Å². The van der Waals surface area contributed by atoms with E-state index < -0.39 is 0 Å². The minimum absolute atomic E-state index is 0.0446. The van der Waals surface area contributed by atoms with E-state index in [2.05, 4.69) is 93.0 Å². The lowest BCUT2D eigenvalue weighted by Gasteiger charge is -2.35. The predicted molar refractivity (Wildman–Crippen MR) is 125 cm³/mol. The Kier molecular flexibility index (Phi) is 4.77. The van der Waals surface area contributed by atoms with Crippen molar-refractivity contribution in [3.8, 4) is 11.8 Å². The zero-order chi connectivity index (χ0) is 21.8. The van der Waals surface area contributed by atoms with E-state index in [0.29, 0.717) is 17.8 Å². The average molecular weight is 410 g/mol. The van der Waals surface area contributed by atoms with Gasteiger partial charge in [0.2, 0.25) is 0 Å². The second kappa shape index (κ2) is 7.38.